The molecule has 1 aromatic heterocycles. The minimum Gasteiger partial charge on any atom is -0.313 e. The largest absolute Gasteiger partial charge is 0.313 e. The van der Waals surface area contributed by atoms with Crippen molar-refractivity contribution in [2.24, 2.45) is 7.05 Å². The maximum atomic E-state index is 13.5. The molecule has 1 N–H and O–H groups in total. The molecule has 0 bridgehead atoms. The maximum absolute atomic E-state index is 13.5. The Morgan fingerprint density at radius 2 is 2.17 bits per heavy atom. The third kappa shape index (κ3) is 2.43. The Bertz CT molecular complexity index is 526. The van der Waals surface area contributed by atoms with Crippen LogP contribution in [0.4, 0.5) is 4.39 Å². The van der Waals surface area contributed by atoms with Gasteiger partial charge in [-0.3, -0.25) is 4.68 Å². The van der Waals surface area contributed by atoms with Crippen LogP contribution >= 0.6 is 0 Å². The van der Waals surface area contributed by atoms with Gasteiger partial charge in [-0.2, -0.15) is 5.10 Å². The standard InChI is InChI=1S/C14H18FN3/c1-4-16-9-11-5-6-12(15)7-13(11)14-10(2)8-17-18(14)3/h5-8,16H,4,9H2,1-3H3. The number of aryl methyl sites for hydroxylation is 2. The van der Waals surface area contributed by atoms with E-state index in [1.165, 1.54) is 6.07 Å². The number of nitrogens with one attached hydrogen (secondary N) is 1. The molecule has 4 heteroatoms. The van der Waals surface area contributed by atoms with Gasteiger partial charge >= 0.3 is 0 Å². The van der Waals surface area contributed by atoms with Crippen LogP contribution in [0.2, 0.25) is 0 Å². The van der Waals surface area contributed by atoms with E-state index in [-0.39, 0.29) is 5.82 Å². The average Bonchev–Trinajstić information content (AvgIpc) is 2.67. The van der Waals surface area contributed by atoms with Crippen molar-refractivity contribution in [2.75, 3.05) is 6.54 Å². The summed E-state index contributed by atoms with van der Waals surface area (Å²) in [5.74, 6) is -0.217. The highest BCUT2D eigenvalue weighted by atomic mass is 19.1. The highest BCUT2D eigenvalue weighted by molar-refractivity contribution is 5.67. The Hall–Kier alpha value is -1.68. The SMILES string of the molecule is CCNCc1ccc(F)cc1-c1c(C)cnn1C. The van der Waals surface area contributed by atoms with Crippen molar-refractivity contribution in [3.05, 3.63) is 41.3 Å². The summed E-state index contributed by atoms with van der Waals surface area (Å²) in [5.41, 5.74) is 4.03. The fourth-order valence-corrected chi connectivity index (χ4v) is 2.12. The number of hydrogen-bond donors (Lipinski definition) is 1. The van der Waals surface area contributed by atoms with Crippen molar-refractivity contribution in [1.29, 1.82) is 0 Å². The molecule has 0 amide bonds. The molecule has 2 rings (SSSR count). The van der Waals surface area contributed by atoms with Gasteiger partial charge in [0, 0.05) is 19.2 Å². The van der Waals surface area contributed by atoms with Crippen LogP contribution in [-0.4, -0.2) is 16.3 Å². The fraction of sp³-hybridized carbons (Fsp3) is 0.357. The number of aromatic nitrogens is 2. The molecule has 0 aliphatic heterocycles. The molecule has 0 aliphatic rings. The molecule has 1 heterocycles. The average molecular weight is 247 g/mol. The predicted molar refractivity (Wildman–Crippen MR) is 70.7 cm³/mol. The van der Waals surface area contributed by atoms with E-state index < -0.39 is 0 Å². The van der Waals surface area contributed by atoms with E-state index >= 15 is 0 Å². The first kappa shape index (κ1) is 12.8. The van der Waals surface area contributed by atoms with Gasteiger partial charge in [0.05, 0.1) is 11.9 Å². The molecule has 0 atom stereocenters. The molecule has 1 aromatic carbocycles. The third-order valence-corrected chi connectivity index (χ3v) is 3.01. The van der Waals surface area contributed by atoms with Gasteiger partial charge < -0.3 is 5.32 Å². The van der Waals surface area contributed by atoms with E-state index in [0.29, 0.717) is 0 Å². The predicted octanol–water partition coefficient (Wildman–Crippen LogP) is 2.64. The van der Waals surface area contributed by atoms with Crippen LogP contribution in [0.5, 0.6) is 0 Å². The van der Waals surface area contributed by atoms with E-state index in [1.54, 1.807) is 16.9 Å². The van der Waals surface area contributed by atoms with Gasteiger partial charge in [0.15, 0.2) is 0 Å². The second-order valence-electron chi connectivity index (χ2n) is 4.38. The topological polar surface area (TPSA) is 29.9 Å². The number of hydrogen-bond acceptors (Lipinski definition) is 2. The Morgan fingerprint density at radius 1 is 1.39 bits per heavy atom. The fourth-order valence-electron chi connectivity index (χ4n) is 2.12. The zero-order valence-corrected chi connectivity index (χ0v) is 11.0. The lowest BCUT2D eigenvalue weighted by Crippen LogP contribution is -2.13. The second-order valence-corrected chi connectivity index (χ2v) is 4.38. The van der Waals surface area contributed by atoms with Crippen molar-refractivity contribution in [3.8, 4) is 11.3 Å². The van der Waals surface area contributed by atoms with Crippen LogP contribution < -0.4 is 5.32 Å². The molecule has 0 saturated heterocycles. The minimum absolute atomic E-state index is 0.217. The Labute approximate surface area is 107 Å². The Balaban J connectivity index is 2.51. The molecule has 2 aromatic rings. The van der Waals surface area contributed by atoms with E-state index in [2.05, 4.69) is 17.3 Å². The molecule has 0 saturated carbocycles. The van der Waals surface area contributed by atoms with Crippen LogP contribution in [0.3, 0.4) is 0 Å². The maximum Gasteiger partial charge on any atom is 0.123 e. The van der Waals surface area contributed by atoms with E-state index in [9.17, 15) is 4.39 Å². The second kappa shape index (κ2) is 5.31. The third-order valence-electron chi connectivity index (χ3n) is 3.01. The van der Waals surface area contributed by atoms with Crippen molar-refractivity contribution >= 4 is 0 Å². The van der Waals surface area contributed by atoms with Gasteiger partial charge in [0.2, 0.25) is 0 Å². The molecule has 0 unspecified atom stereocenters. The summed E-state index contributed by atoms with van der Waals surface area (Å²) >= 11 is 0. The molecular weight excluding hydrogens is 229 g/mol. The molecular formula is C14H18FN3. The smallest absolute Gasteiger partial charge is 0.123 e. The molecule has 0 aliphatic carbocycles. The van der Waals surface area contributed by atoms with Gasteiger partial charge in [-0.15, -0.1) is 0 Å². The van der Waals surface area contributed by atoms with Gasteiger partial charge in [-0.05, 0) is 36.7 Å². The lowest BCUT2D eigenvalue weighted by molar-refractivity contribution is 0.625. The van der Waals surface area contributed by atoms with Crippen LogP contribution in [0, 0.1) is 12.7 Å². The molecule has 0 fully saturated rings. The normalized spacial score (nSPS) is 10.9. The molecule has 0 spiro atoms. The van der Waals surface area contributed by atoms with Gasteiger partial charge in [-0.1, -0.05) is 13.0 Å². The number of nitrogens with zero attached hydrogens (tertiary/aromatic N) is 2. The van der Waals surface area contributed by atoms with Gasteiger partial charge in [-0.25, -0.2) is 4.39 Å². The molecule has 18 heavy (non-hydrogen) atoms. The van der Waals surface area contributed by atoms with Crippen LogP contribution in [0.25, 0.3) is 11.3 Å². The summed E-state index contributed by atoms with van der Waals surface area (Å²) in [6, 6.07) is 4.92. The minimum atomic E-state index is -0.217. The summed E-state index contributed by atoms with van der Waals surface area (Å²) in [7, 11) is 1.88. The Morgan fingerprint density at radius 3 is 2.78 bits per heavy atom. The quantitative estimate of drug-likeness (QED) is 0.900. The molecule has 96 valence electrons. The van der Waals surface area contributed by atoms with Crippen molar-refractivity contribution in [3.63, 3.8) is 0 Å². The zero-order valence-electron chi connectivity index (χ0n) is 11.0. The zero-order chi connectivity index (χ0) is 13.1. The highest BCUT2D eigenvalue weighted by Crippen LogP contribution is 2.27. The highest BCUT2D eigenvalue weighted by Gasteiger charge is 2.12. The summed E-state index contributed by atoms with van der Waals surface area (Å²) in [6.07, 6.45) is 1.80. The van der Waals surface area contributed by atoms with E-state index in [0.717, 1.165) is 35.5 Å². The monoisotopic (exact) mass is 247 g/mol. The van der Waals surface area contributed by atoms with Crippen molar-refractivity contribution in [2.45, 2.75) is 20.4 Å². The number of benzene rings is 1. The first-order valence-electron chi connectivity index (χ1n) is 6.11. The van der Waals surface area contributed by atoms with Crippen molar-refractivity contribution in [1.82, 2.24) is 15.1 Å². The number of rotatable bonds is 4. The van der Waals surface area contributed by atoms with Crippen molar-refractivity contribution < 1.29 is 4.39 Å². The van der Waals surface area contributed by atoms with E-state index in [1.807, 2.05) is 20.0 Å². The van der Waals surface area contributed by atoms with Crippen LogP contribution in [0.1, 0.15) is 18.1 Å². The van der Waals surface area contributed by atoms with E-state index in [4.69, 9.17) is 0 Å². The lowest BCUT2D eigenvalue weighted by Gasteiger charge is -2.11. The number of halogens is 1. The summed E-state index contributed by atoms with van der Waals surface area (Å²) in [6.45, 7) is 5.67. The summed E-state index contributed by atoms with van der Waals surface area (Å²) in [4.78, 5) is 0. The molecule has 0 radical (unpaired) electrons. The summed E-state index contributed by atoms with van der Waals surface area (Å²) in [5, 5.41) is 7.49. The van der Waals surface area contributed by atoms with Crippen LogP contribution in [-0.2, 0) is 13.6 Å². The van der Waals surface area contributed by atoms with Crippen LogP contribution in [0.15, 0.2) is 24.4 Å². The van der Waals surface area contributed by atoms with Gasteiger partial charge in [0.1, 0.15) is 5.82 Å². The molecule has 3 nitrogen and oxygen atoms in total. The lowest BCUT2D eigenvalue weighted by atomic mass is 10.0. The first-order valence-corrected chi connectivity index (χ1v) is 6.11. The van der Waals surface area contributed by atoms with Gasteiger partial charge in [0.25, 0.3) is 0 Å². The Kier molecular flexibility index (Phi) is 3.77. The first-order chi connectivity index (χ1) is 8.63. The summed E-state index contributed by atoms with van der Waals surface area (Å²) < 4.78 is 15.3.